The standard InChI is InChI=1S/C16H13FN4O/c17-12-5-3-11(4-6-12)10-21-14-13(2-1-7-18-14)15(22)20-9-8-19-16(20)21/h1-7H,8-10H2. The van der Waals surface area contributed by atoms with Crippen molar-refractivity contribution in [2.45, 2.75) is 6.54 Å². The van der Waals surface area contributed by atoms with Gasteiger partial charge < -0.3 is 0 Å². The van der Waals surface area contributed by atoms with E-state index in [1.54, 1.807) is 35.4 Å². The molecule has 0 aliphatic carbocycles. The van der Waals surface area contributed by atoms with E-state index in [1.165, 1.54) is 12.1 Å². The number of anilines is 1. The van der Waals surface area contributed by atoms with Gasteiger partial charge in [0.25, 0.3) is 5.91 Å². The number of hydrogen-bond acceptors (Lipinski definition) is 4. The largest absolute Gasteiger partial charge is 0.291 e. The Balaban J connectivity index is 1.77. The summed E-state index contributed by atoms with van der Waals surface area (Å²) >= 11 is 0. The van der Waals surface area contributed by atoms with Crippen molar-refractivity contribution in [2.24, 2.45) is 4.99 Å². The average molecular weight is 296 g/mol. The van der Waals surface area contributed by atoms with Gasteiger partial charge in [0.1, 0.15) is 11.6 Å². The zero-order valence-electron chi connectivity index (χ0n) is 11.7. The molecule has 2 aliphatic rings. The lowest BCUT2D eigenvalue weighted by Gasteiger charge is -2.34. The van der Waals surface area contributed by atoms with Crippen LogP contribution in [0, 0.1) is 5.82 Å². The van der Waals surface area contributed by atoms with Gasteiger partial charge in [-0.1, -0.05) is 12.1 Å². The number of carbonyl (C=O) groups is 1. The summed E-state index contributed by atoms with van der Waals surface area (Å²) in [6.07, 6.45) is 1.66. The third kappa shape index (κ3) is 1.95. The molecule has 2 aliphatic heterocycles. The van der Waals surface area contributed by atoms with Gasteiger partial charge >= 0.3 is 0 Å². The van der Waals surface area contributed by atoms with E-state index >= 15 is 0 Å². The third-order valence-electron chi connectivity index (χ3n) is 3.83. The molecular formula is C16H13FN4O. The van der Waals surface area contributed by atoms with E-state index in [9.17, 15) is 9.18 Å². The highest BCUT2D eigenvalue weighted by Crippen LogP contribution is 2.29. The molecule has 110 valence electrons. The second-order valence-corrected chi connectivity index (χ2v) is 5.23. The molecule has 0 atom stereocenters. The number of amides is 1. The lowest BCUT2D eigenvalue weighted by molar-refractivity contribution is 0.0851. The van der Waals surface area contributed by atoms with Gasteiger partial charge in [0.05, 0.1) is 18.7 Å². The van der Waals surface area contributed by atoms with Gasteiger partial charge in [-0.2, -0.15) is 0 Å². The van der Waals surface area contributed by atoms with Gasteiger partial charge in [0, 0.05) is 12.7 Å². The lowest BCUT2D eigenvalue weighted by Crippen LogP contribution is -2.50. The number of hydrogen-bond donors (Lipinski definition) is 0. The van der Waals surface area contributed by atoms with E-state index in [-0.39, 0.29) is 11.7 Å². The summed E-state index contributed by atoms with van der Waals surface area (Å²) in [5, 5.41) is 0. The topological polar surface area (TPSA) is 48.8 Å². The fourth-order valence-electron chi connectivity index (χ4n) is 2.80. The predicted molar refractivity (Wildman–Crippen MR) is 80.2 cm³/mol. The number of aromatic nitrogens is 1. The Morgan fingerprint density at radius 3 is 2.82 bits per heavy atom. The van der Waals surface area contributed by atoms with Crippen molar-refractivity contribution < 1.29 is 9.18 Å². The van der Waals surface area contributed by atoms with Gasteiger partial charge in [0.15, 0.2) is 0 Å². The highest BCUT2D eigenvalue weighted by atomic mass is 19.1. The van der Waals surface area contributed by atoms with Crippen molar-refractivity contribution in [3.63, 3.8) is 0 Å². The fourth-order valence-corrected chi connectivity index (χ4v) is 2.80. The number of aliphatic imine (C=N–C) groups is 1. The number of nitrogens with zero attached hydrogens (tertiary/aromatic N) is 4. The number of pyridine rings is 1. The summed E-state index contributed by atoms with van der Waals surface area (Å²) in [5.74, 6) is 0.903. The van der Waals surface area contributed by atoms with Crippen LogP contribution in [-0.2, 0) is 6.54 Å². The van der Waals surface area contributed by atoms with Gasteiger partial charge in [-0.25, -0.2) is 9.37 Å². The van der Waals surface area contributed by atoms with Gasteiger partial charge in [-0.05, 0) is 29.8 Å². The van der Waals surface area contributed by atoms with Crippen molar-refractivity contribution in [2.75, 3.05) is 18.0 Å². The molecule has 0 spiro atoms. The first-order valence-corrected chi connectivity index (χ1v) is 7.07. The van der Waals surface area contributed by atoms with Crippen LogP contribution in [0.1, 0.15) is 15.9 Å². The van der Waals surface area contributed by atoms with Crippen molar-refractivity contribution in [3.05, 3.63) is 59.5 Å². The minimum atomic E-state index is -0.268. The molecule has 4 rings (SSSR count). The number of rotatable bonds is 2. The predicted octanol–water partition coefficient (Wildman–Crippen LogP) is 2.05. The van der Waals surface area contributed by atoms with Gasteiger partial charge in [-0.15, -0.1) is 0 Å². The van der Waals surface area contributed by atoms with E-state index in [2.05, 4.69) is 9.98 Å². The molecule has 3 heterocycles. The molecule has 1 amide bonds. The van der Waals surface area contributed by atoms with E-state index in [0.717, 1.165) is 5.56 Å². The summed E-state index contributed by atoms with van der Waals surface area (Å²) in [7, 11) is 0. The van der Waals surface area contributed by atoms with Crippen LogP contribution in [0.4, 0.5) is 10.2 Å². The molecule has 0 saturated heterocycles. The number of guanidine groups is 1. The van der Waals surface area contributed by atoms with E-state index in [1.807, 2.05) is 4.90 Å². The van der Waals surface area contributed by atoms with Crippen LogP contribution in [-0.4, -0.2) is 34.8 Å². The second kappa shape index (κ2) is 4.91. The number of carbonyl (C=O) groups excluding carboxylic acids is 1. The first-order chi connectivity index (χ1) is 10.7. The first-order valence-electron chi connectivity index (χ1n) is 7.07. The Kier molecular flexibility index (Phi) is 2.89. The van der Waals surface area contributed by atoms with Gasteiger partial charge in [-0.3, -0.25) is 19.6 Å². The summed E-state index contributed by atoms with van der Waals surface area (Å²) in [6, 6.07) is 9.85. The molecule has 0 saturated carbocycles. The summed E-state index contributed by atoms with van der Waals surface area (Å²) in [5.41, 5.74) is 1.51. The normalized spacial score (nSPS) is 16.4. The van der Waals surface area contributed by atoms with Crippen molar-refractivity contribution >= 4 is 17.7 Å². The molecule has 0 radical (unpaired) electrons. The zero-order valence-corrected chi connectivity index (χ0v) is 11.7. The SMILES string of the molecule is O=C1c2cccnc2N(Cc2ccc(F)cc2)C2=NCCN12. The molecule has 0 fully saturated rings. The number of benzene rings is 1. The Morgan fingerprint density at radius 1 is 1.18 bits per heavy atom. The minimum Gasteiger partial charge on any atom is -0.291 e. The third-order valence-corrected chi connectivity index (χ3v) is 3.83. The molecule has 0 bridgehead atoms. The monoisotopic (exact) mass is 296 g/mol. The zero-order chi connectivity index (χ0) is 15.1. The van der Waals surface area contributed by atoms with E-state index in [0.29, 0.717) is 37.0 Å². The fraction of sp³-hybridized carbons (Fsp3) is 0.188. The molecular weight excluding hydrogens is 283 g/mol. The van der Waals surface area contributed by atoms with Crippen LogP contribution in [0.3, 0.4) is 0 Å². The van der Waals surface area contributed by atoms with Crippen LogP contribution >= 0.6 is 0 Å². The number of fused-ring (bicyclic) bond motifs is 2. The minimum absolute atomic E-state index is 0.0605. The second-order valence-electron chi connectivity index (χ2n) is 5.23. The van der Waals surface area contributed by atoms with E-state index < -0.39 is 0 Å². The molecule has 1 aromatic heterocycles. The van der Waals surface area contributed by atoms with Crippen LogP contribution in [0.2, 0.25) is 0 Å². The van der Waals surface area contributed by atoms with Crippen LogP contribution in [0.5, 0.6) is 0 Å². The maximum Gasteiger partial charge on any atom is 0.264 e. The molecule has 22 heavy (non-hydrogen) atoms. The lowest BCUT2D eigenvalue weighted by atomic mass is 10.1. The molecule has 1 aromatic carbocycles. The Labute approximate surface area is 126 Å². The van der Waals surface area contributed by atoms with Crippen LogP contribution < -0.4 is 4.90 Å². The molecule has 0 unspecified atom stereocenters. The quantitative estimate of drug-likeness (QED) is 0.852. The molecule has 5 nitrogen and oxygen atoms in total. The van der Waals surface area contributed by atoms with Crippen molar-refractivity contribution in [3.8, 4) is 0 Å². The summed E-state index contributed by atoms with van der Waals surface area (Å²) in [6.45, 7) is 1.67. The average Bonchev–Trinajstić information content (AvgIpc) is 3.03. The first kappa shape index (κ1) is 12.9. The highest BCUT2D eigenvalue weighted by Gasteiger charge is 2.37. The Morgan fingerprint density at radius 2 is 2.00 bits per heavy atom. The van der Waals surface area contributed by atoms with Crippen molar-refractivity contribution in [1.82, 2.24) is 9.88 Å². The molecule has 2 aromatic rings. The summed E-state index contributed by atoms with van der Waals surface area (Å²) in [4.78, 5) is 24.8. The molecule has 6 heteroatoms. The Hall–Kier alpha value is -2.76. The summed E-state index contributed by atoms with van der Waals surface area (Å²) < 4.78 is 13.1. The van der Waals surface area contributed by atoms with Gasteiger partial charge in [0.2, 0.25) is 5.96 Å². The smallest absolute Gasteiger partial charge is 0.264 e. The van der Waals surface area contributed by atoms with Crippen molar-refractivity contribution in [1.29, 1.82) is 0 Å². The van der Waals surface area contributed by atoms with Crippen LogP contribution in [0.15, 0.2) is 47.6 Å². The van der Waals surface area contributed by atoms with Crippen LogP contribution in [0.25, 0.3) is 0 Å². The number of halogens is 1. The maximum absolute atomic E-state index is 13.1. The van der Waals surface area contributed by atoms with E-state index in [4.69, 9.17) is 0 Å². The Bertz CT molecular complexity index is 772. The maximum atomic E-state index is 13.1. The molecule has 0 N–H and O–H groups in total. The highest BCUT2D eigenvalue weighted by molar-refractivity contribution is 6.18.